The Balaban J connectivity index is 1.87. The molecule has 142 valence electrons. The number of benzene rings is 1. The van der Waals surface area contributed by atoms with E-state index in [4.69, 9.17) is 11.6 Å². The van der Waals surface area contributed by atoms with Crippen molar-refractivity contribution in [2.75, 3.05) is 16.8 Å². The Morgan fingerprint density at radius 2 is 1.96 bits per heavy atom. The molecule has 0 saturated heterocycles. The number of thioether (sulfide) groups is 2. The maximum atomic E-state index is 12.8. The van der Waals surface area contributed by atoms with Gasteiger partial charge in [0.2, 0.25) is 5.91 Å². The number of rotatable bonds is 8. The van der Waals surface area contributed by atoms with Gasteiger partial charge in [-0.2, -0.15) is 13.2 Å². The lowest BCUT2D eigenvalue weighted by molar-refractivity contribution is -0.137. The zero-order chi connectivity index (χ0) is 19.2. The second-order valence-corrected chi connectivity index (χ2v) is 9.01. The molecule has 1 heterocycles. The molecule has 0 saturated carbocycles. The number of alkyl halides is 3. The Morgan fingerprint density at radius 3 is 2.62 bits per heavy atom. The molecule has 0 unspecified atom stereocenters. The second kappa shape index (κ2) is 9.82. The van der Waals surface area contributed by atoms with E-state index in [1.807, 2.05) is 0 Å². The Hall–Kier alpha value is -0.970. The van der Waals surface area contributed by atoms with Gasteiger partial charge in [0.15, 0.2) is 8.68 Å². The number of hydrogen-bond acceptors (Lipinski definition) is 6. The Kier molecular flexibility index (Phi) is 8.05. The Morgan fingerprint density at radius 1 is 1.27 bits per heavy atom. The van der Waals surface area contributed by atoms with Gasteiger partial charge in [-0.15, -0.1) is 10.2 Å². The van der Waals surface area contributed by atoms with E-state index in [0.29, 0.717) is 4.34 Å². The van der Waals surface area contributed by atoms with E-state index in [9.17, 15) is 18.0 Å². The average Bonchev–Trinajstić information content (AvgIpc) is 3.02. The number of halogens is 4. The lowest BCUT2D eigenvalue weighted by Crippen LogP contribution is -2.15. The SMILES string of the molecule is CCCCSc1nnc(SCC(=O)Nc2ccc(Cl)c(C(F)(F)F)c2)s1. The standard InChI is InChI=1S/C15H15ClF3N3OS3/c1-2-3-6-24-13-21-22-14(26-13)25-8-12(23)20-9-4-5-11(16)10(7-9)15(17,18)19/h4-5,7H,2-3,6,8H2,1H3,(H,20,23). The molecule has 0 radical (unpaired) electrons. The normalized spacial score (nSPS) is 11.6. The van der Waals surface area contributed by atoms with Crippen LogP contribution in [0.1, 0.15) is 25.3 Å². The summed E-state index contributed by atoms with van der Waals surface area (Å²) in [6.07, 6.45) is -2.38. The first-order chi connectivity index (χ1) is 12.3. The van der Waals surface area contributed by atoms with Crippen LogP contribution in [0.5, 0.6) is 0 Å². The first kappa shape index (κ1) is 21.3. The minimum Gasteiger partial charge on any atom is -0.325 e. The van der Waals surface area contributed by atoms with E-state index in [0.717, 1.165) is 35.1 Å². The molecule has 26 heavy (non-hydrogen) atoms. The molecule has 0 atom stereocenters. The third-order valence-corrected chi connectivity index (χ3v) is 6.60. The van der Waals surface area contributed by atoms with Crippen molar-refractivity contribution in [2.45, 2.75) is 34.6 Å². The molecular formula is C15H15ClF3N3OS3. The van der Waals surface area contributed by atoms with Crippen LogP contribution in [-0.4, -0.2) is 27.6 Å². The van der Waals surface area contributed by atoms with Gasteiger partial charge in [0.1, 0.15) is 0 Å². The van der Waals surface area contributed by atoms with E-state index in [1.54, 1.807) is 11.8 Å². The van der Waals surface area contributed by atoms with Gasteiger partial charge in [-0.25, -0.2) is 0 Å². The molecular weight excluding hydrogens is 427 g/mol. The van der Waals surface area contributed by atoms with E-state index >= 15 is 0 Å². The lowest BCUT2D eigenvalue weighted by Gasteiger charge is -2.11. The highest BCUT2D eigenvalue weighted by Crippen LogP contribution is 2.36. The number of unbranched alkanes of at least 4 members (excludes halogenated alkanes) is 1. The summed E-state index contributed by atoms with van der Waals surface area (Å²) in [7, 11) is 0. The van der Waals surface area contributed by atoms with Crippen LogP contribution >= 0.6 is 46.5 Å². The maximum absolute atomic E-state index is 12.8. The molecule has 0 aliphatic rings. The van der Waals surface area contributed by atoms with Gasteiger partial charge in [0.05, 0.1) is 16.3 Å². The van der Waals surface area contributed by atoms with Crippen LogP contribution in [0.25, 0.3) is 0 Å². The molecule has 11 heteroatoms. The molecule has 0 fully saturated rings. The van der Waals surface area contributed by atoms with Crippen LogP contribution < -0.4 is 5.32 Å². The number of carbonyl (C=O) groups is 1. The summed E-state index contributed by atoms with van der Waals surface area (Å²) in [5.41, 5.74) is -0.942. The molecule has 2 aromatic rings. The number of amides is 1. The molecule has 2 rings (SSSR count). The van der Waals surface area contributed by atoms with Gasteiger partial charge < -0.3 is 5.32 Å². The number of hydrogen-bond donors (Lipinski definition) is 1. The van der Waals surface area contributed by atoms with Crippen LogP contribution in [0.15, 0.2) is 26.9 Å². The molecule has 1 aromatic carbocycles. The summed E-state index contributed by atoms with van der Waals surface area (Å²) in [5.74, 6) is 0.563. The summed E-state index contributed by atoms with van der Waals surface area (Å²) < 4.78 is 40.0. The van der Waals surface area contributed by atoms with Crippen molar-refractivity contribution in [3.63, 3.8) is 0 Å². The van der Waals surface area contributed by atoms with Crippen molar-refractivity contribution in [3.8, 4) is 0 Å². The van der Waals surface area contributed by atoms with Gasteiger partial charge >= 0.3 is 6.18 Å². The van der Waals surface area contributed by atoms with Gasteiger partial charge in [-0.3, -0.25) is 4.79 Å². The maximum Gasteiger partial charge on any atom is 0.417 e. The van der Waals surface area contributed by atoms with Gasteiger partial charge in [-0.1, -0.05) is 59.8 Å². The topological polar surface area (TPSA) is 54.9 Å². The first-order valence-electron chi connectivity index (χ1n) is 7.55. The minimum atomic E-state index is -4.58. The molecule has 1 aromatic heterocycles. The monoisotopic (exact) mass is 441 g/mol. The van der Waals surface area contributed by atoms with Crippen LogP contribution in [-0.2, 0) is 11.0 Å². The second-order valence-electron chi connectivity index (χ2n) is 5.07. The Labute approximate surface area is 166 Å². The van der Waals surface area contributed by atoms with Crippen molar-refractivity contribution < 1.29 is 18.0 Å². The fourth-order valence-electron chi connectivity index (χ4n) is 1.76. The van der Waals surface area contributed by atoms with E-state index in [-0.39, 0.29) is 11.4 Å². The predicted octanol–water partition coefficient (Wildman–Crippen LogP) is 5.83. The zero-order valence-electron chi connectivity index (χ0n) is 13.6. The van der Waals surface area contributed by atoms with Crippen molar-refractivity contribution >= 4 is 58.1 Å². The van der Waals surface area contributed by atoms with E-state index < -0.39 is 22.7 Å². The molecule has 0 aliphatic carbocycles. The zero-order valence-corrected chi connectivity index (χ0v) is 16.8. The average molecular weight is 442 g/mol. The summed E-state index contributed by atoms with van der Waals surface area (Å²) in [6.45, 7) is 2.11. The van der Waals surface area contributed by atoms with E-state index in [2.05, 4.69) is 22.4 Å². The molecule has 0 bridgehead atoms. The van der Waals surface area contributed by atoms with Gasteiger partial charge in [0, 0.05) is 11.4 Å². The van der Waals surface area contributed by atoms with Gasteiger partial charge in [0.25, 0.3) is 0 Å². The third-order valence-electron chi connectivity index (χ3n) is 2.99. The fraction of sp³-hybridized carbons (Fsp3) is 0.400. The summed E-state index contributed by atoms with van der Waals surface area (Å²) in [6, 6.07) is 3.25. The summed E-state index contributed by atoms with van der Waals surface area (Å²) in [5, 5.41) is 10.1. The largest absolute Gasteiger partial charge is 0.417 e. The molecule has 1 amide bonds. The molecule has 1 N–H and O–H groups in total. The van der Waals surface area contributed by atoms with Crippen molar-refractivity contribution in [2.24, 2.45) is 0 Å². The van der Waals surface area contributed by atoms with Crippen molar-refractivity contribution in [1.29, 1.82) is 0 Å². The highest BCUT2D eigenvalue weighted by molar-refractivity contribution is 8.03. The number of carbonyl (C=O) groups excluding carboxylic acids is 1. The number of nitrogens with one attached hydrogen (secondary N) is 1. The van der Waals surface area contributed by atoms with E-state index in [1.165, 1.54) is 29.2 Å². The van der Waals surface area contributed by atoms with Crippen LogP contribution in [0, 0.1) is 0 Å². The number of nitrogens with zero attached hydrogens (tertiary/aromatic N) is 2. The molecule has 0 spiro atoms. The van der Waals surface area contributed by atoms with Crippen molar-refractivity contribution in [3.05, 3.63) is 28.8 Å². The minimum absolute atomic E-state index is 0.0260. The smallest absolute Gasteiger partial charge is 0.325 e. The fourth-order valence-corrected chi connectivity index (χ4v) is 4.96. The van der Waals surface area contributed by atoms with Crippen LogP contribution in [0.3, 0.4) is 0 Å². The Bertz CT molecular complexity index is 755. The highest BCUT2D eigenvalue weighted by Gasteiger charge is 2.33. The molecule has 4 nitrogen and oxygen atoms in total. The van der Waals surface area contributed by atoms with Crippen molar-refractivity contribution in [1.82, 2.24) is 10.2 Å². The third kappa shape index (κ3) is 6.64. The summed E-state index contributed by atoms with van der Waals surface area (Å²) >= 11 is 9.76. The number of anilines is 1. The quantitative estimate of drug-likeness (QED) is 0.412. The lowest BCUT2D eigenvalue weighted by atomic mass is 10.2. The van der Waals surface area contributed by atoms with Gasteiger partial charge in [-0.05, 0) is 24.6 Å². The first-order valence-corrected chi connectivity index (χ1v) is 10.7. The van der Waals surface area contributed by atoms with Crippen LogP contribution in [0.2, 0.25) is 5.02 Å². The molecule has 0 aliphatic heterocycles. The highest BCUT2D eigenvalue weighted by atomic mass is 35.5. The van der Waals surface area contributed by atoms with Crippen LogP contribution in [0.4, 0.5) is 18.9 Å². The predicted molar refractivity (Wildman–Crippen MR) is 101 cm³/mol. The number of aromatic nitrogens is 2. The summed E-state index contributed by atoms with van der Waals surface area (Å²) in [4.78, 5) is 12.0.